The van der Waals surface area contributed by atoms with Crippen LogP contribution in [0.3, 0.4) is 0 Å². The first-order valence-electron chi connectivity index (χ1n) is 32.8. The second-order valence-electron chi connectivity index (χ2n) is 24.0. The Morgan fingerprint density at radius 2 is 0.813 bits per heavy atom. The highest BCUT2D eigenvalue weighted by Crippen LogP contribution is 2.35. The molecule has 5 fully saturated rings. The van der Waals surface area contributed by atoms with Gasteiger partial charge in [-0.1, -0.05) is 54.6 Å². The molecule has 0 bridgehead atoms. The van der Waals surface area contributed by atoms with Crippen molar-refractivity contribution in [1.82, 2.24) is 29.7 Å². The maximum Gasteiger partial charge on any atom is 0.308 e. The molecule has 0 spiro atoms. The van der Waals surface area contributed by atoms with E-state index in [9.17, 15) is 19.5 Å². The van der Waals surface area contributed by atoms with Gasteiger partial charge < -0.3 is 44.1 Å². The Bertz CT molecular complexity index is 3100. The molecule has 2 aliphatic carbocycles. The van der Waals surface area contributed by atoms with E-state index < -0.39 is 0 Å². The van der Waals surface area contributed by atoms with Crippen molar-refractivity contribution in [2.75, 3.05) is 183 Å². The molecule has 0 radical (unpaired) electrons. The lowest BCUT2D eigenvalue weighted by molar-refractivity contribution is -0.147. The minimum absolute atomic E-state index is 0.0252. The van der Waals surface area contributed by atoms with Crippen LogP contribution in [-0.4, -0.2) is 205 Å². The van der Waals surface area contributed by atoms with Gasteiger partial charge in [-0.2, -0.15) is 0 Å². The predicted molar refractivity (Wildman–Crippen MR) is 361 cm³/mol. The van der Waals surface area contributed by atoms with Gasteiger partial charge in [-0.3, -0.25) is 38.9 Å². The number of ether oxygens (including phenoxy) is 4. The standard InChI is InChI=1S/C27H36N4O4.C26H36N4O3.C18H24N4O/c1-34-24-8-4-3-7-23(24)30-18-15-29(16-19-30)17-20-31(25-9-5-6-14-28-25)26(32)21-10-12-22(13-11-21)27(33)35-2;1-33-24-7-3-2-6-23(24)29-17-14-28(15-18-29)16-19-30(25-8-4-5-13-27-25)26(32)22-11-9-21(20-31)10-12-22;1-23-17-7-3-2-6-16(17)22-14-12-21(13-15-22)11-10-20-18-8-4-5-9-19-18/h3-9,14,21-22H,10-13,15-20H2,1-2H3;2-8,13,21-22,31H,9-12,14-20H2,1H3;2-9H,10-15H2,1H3,(H,19,20). The number of rotatable bonds is 22. The molecular weight excluding hydrogens is 1150 g/mol. The second kappa shape index (κ2) is 35.5. The van der Waals surface area contributed by atoms with Crippen molar-refractivity contribution in [2.45, 2.75) is 51.4 Å². The lowest BCUT2D eigenvalue weighted by Crippen LogP contribution is -2.50. The number of carbonyl (C=O) groups excluding carboxylic acids is 3. The molecule has 3 saturated heterocycles. The number of hydrogen-bond acceptors (Lipinski definition) is 18. The third kappa shape index (κ3) is 19.3. The van der Waals surface area contributed by atoms with E-state index in [-0.39, 0.29) is 42.1 Å². The van der Waals surface area contributed by atoms with Crippen LogP contribution >= 0.6 is 0 Å². The maximum atomic E-state index is 13.6. The van der Waals surface area contributed by atoms with Gasteiger partial charge in [0, 0.05) is 155 Å². The van der Waals surface area contributed by atoms with E-state index in [1.165, 1.54) is 12.8 Å². The van der Waals surface area contributed by atoms with Crippen LogP contribution in [-0.2, 0) is 19.1 Å². The number of amides is 2. The monoisotopic (exact) mass is 1240 g/mol. The van der Waals surface area contributed by atoms with E-state index in [0.717, 1.165) is 171 Å². The number of aliphatic hydroxyl groups is 1. The molecule has 91 heavy (non-hydrogen) atoms. The van der Waals surface area contributed by atoms with Gasteiger partial charge in [0.15, 0.2) is 0 Å². The zero-order valence-corrected chi connectivity index (χ0v) is 54.0. The summed E-state index contributed by atoms with van der Waals surface area (Å²) in [5.74, 6) is 5.46. The number of methoxy groups -OCH3 is 4. The summed E-state index contributed by atoms with van der Waals surface area (Å²) in [4.78, 5) is 70.3. The number of nitrogens with zero attached hydrogens (tertiary/aromatic N) is 11. The smallest absolute Gasteiger partial charge is 0.308 e. The lowest BCUT2D eigenvalue weighted by atomic mass is 9.81. The summed E-state index contributed by atoms with van der Waals surface area (Å²) in [6.45, 7) is 16.7. The van der Waals surface area contributed by atoms with Gasteiger partial charge in [-0.15, -0.1) is 0 Å². The molecule has 5 aliphatic rings. The molecule has 0 atom stereocenters. The molecule has 6 aromatic rings. The molecule has 2 saturated carbocycles. The SMILES string of the molecule is COC(=O)C1CCC(C(=O)N(CCN2CCN(c3ccccc3OC)CC2)c2ccccn2)CC1.COc1ccccc1N1CCN(CCN(C(=O)C2CCC(CO)CC2)c2ccccn2)CC1.COc1ccccc1N1CCN(CCNc2ccccn2)CC1. The first-order valence-corrected chi connectivity index (χ1v) is 32.8. The number of benzene rings is 3. The number of esters is 1. The average Bonchev–Trinajstić information content (AvgIpc) is 2.85. The van der Waals surface area contributed by atoms with E-state index in [0.29, 0.717) is 50.5 Å². The van der Waals surface area contributed by atoms with Crippen LogP contribution in [0.5, 0.6) is 17.2 Å². The highest BCUT2D eigenvalue weighted by atomic mass is 16.5. The van der Waals surface area contributed by atoms with Crippen LogP contribution in [0, 0.1) is 23.7 Å². The Hall–Kier alpha value is -8.04. The Kier molecular flexibility index (Phi) is 26.3. The molecule has 3 aliphatic heterocycles. The highest BCUT2D eigenvalue weighted by molar-refractivity contribution is 5.95. The third-order valence-corrected chi connectivity index (χ3v) is 18.5. The summed E-state index contributed by atoms with van der Waals surface area (Å²) in [5, 5.41) is 12.8. The number of anilines is 6. The number of carbonyl (C=O) groups is 3. The summed E-state index contributed by atoms with van der Waals surface area (Å²) in [6, 6.07) is 41.9. The van der Waals surface area contributed by atoms with Crippen LogP contribution in [0.1, 0.15) is 51.4 Å². The van der Waals surface area contributed by atoms with Gasteiger partial charge in [-0.25, -0.2) is 15.0 Å². The summed E-state index contributed by atoms with van der Waals surface area (Å²) >= 11 is 0. The van der Waals surface area contributed by atoms with E-state index in [1.54, 1.807) is 33.7 Å². The lowest BCUT2D eigenvalue weighted by Gasteiger charge is -2.38. The molecule has 2 N–H and O–H groups in total. The van der Waals surface area contributed by atoms with Crippen LogP contribution in [0.25, 0.3) is 0 Å². The molecule has 3 aromatic heterocycles. The van der Waals surface area contributed by atoms with Crippen LogP contribution in [0.2, 0.25) is 0 Å². The van der Waals surface area contributed by atoms with Crippen molar-refractivity contribution >= 4 is 52.3 Å². The van der Waals surface area contributed by atoms with Gasteiger partial charge >= 0.3 is 5.97 Å². The number of pyridine rings is 3. The Morgan fingerprint density at radius 1 is 0.451 bits per heavy atom. The van der Waals surface area contributed by atoms with Gasteiger partial charge in [0.1, 0.15) is 34.7 Å². The average molecular weight is 1250 g/mol. The van der Waals surface area contributed by atoms with Crippen molar-refractivity contribution in [3.8, 4) is 17.2 Å². The topological polar surface area (TPSA) is 185 Å². The molecule has 3 aromatic carbocycles. The van der Waals surface area contributed by atoms with E-state index in [1.807, 2.05) is 113 Å². The fourth-order valence-electron chi connectivity index (χ4n) is 13.1. The number of hydrogen-bond donors (Lipinski definition) is 2. The van der Waals surface area contributed by atoms with Crippen molar-refractivity contribution in [2.24, 2.45) is 23.7 Å². The fourth-order valence-corrected chi connectivity index (χ4v) is 13.1. The normalized spacial score (nSPS) is 19.7. The second-order valence-corrected chi connectivity index (χ2v) is 24.0. The van der Waals surface area contributed by atoms with E-state index in [2.05, 4.69) is 80.0 Å². The first-order chi connectivity index (χ1) is 44.7. The van der Waals surface area contributed by atoms with Crippen molar-refractivity contribution in [3.63, 3.8) is 0 Å². The molecule has 6 heterocycles. The zero-order chi connectivity index (χ0) is 63.6. The quantitative estimate of drug-likeness (QED) is 0.0615. The molecule has 0 unspecified atom stereocenters. The highest BCUT2D eigenvalue weighted by Gasteiger charge is 2.35. The third-order valence-electron chi connectivity index (χ3n) is 18.5. The van der Waals surface area contributed by atoms with Gasteiger partial charge in [0.2, 0.25) is 11.8 Å². The van der Waals surface area contributed by atoms with Gasteiger partial charge in [0.25, 0.3) is 0 Å². The van der Waals surface area contributed by atoms with Crippen molar-refractivity contribution in [1.29, 1.82) is 0 Å². The minimum atomic E-state index is -0.162. The molecule has 11 rings (SSSR count). The van der Waals surface area contributed by atoms with Crippen LogP contribution in [0.15, 0.2) is 146 Å². The number of piperazine rings is 3. The molecule has 488 valence electrons. The summed E-state index contributed by atoms with van der Waals surface area (Å²) in [5.41, 5.74) is 3.46. The molecular formula is C71H96N12O8. The fraction of sp³-hybridized carbons (Fsp3) is 0.493. The minimum Gasteiger partial charge on any atom is -0.495 e. The Morgan fingerprint density at radius 3 is 1.18 bits per heavy atom. The number of nitrogens with one attached hydrogen (secondary N) is 1. The molecule has 20 heteroatoms. The Labute approximate surface area is 539 Å². The maximum absolute atomic E-state index is 13.6. The summed E-state index contributed by atoms with van der Waals surface area (Å²) < 4.78 is 21.4. The van der Waals surface area contributed by atoms with Crippen LogP contribution in [0.4, 0.5) is 34.5 Å². The van der Waals surface area contributed by atoms with Gasteiger partial charge in [-0.05, 0) is 130 Å². The number of aromatic nitrogens is 3. The largest absolute Gasteiger partial charge is 0.495 e. The number of aliphatic hydroxyl groups excluding tert-OH is 1. The number of para-hydroxylation sites is 6. The van der Waals surface area contributed by atoms with E-state index >= 15 is 0 Å². The predicted octanol–water partition coefficient (Wildman–Crippen LogP) is 8.59. The van der Waals surface area contributed by atoms with E-state index in [4.69, 9.17) is 18.9 Å². The van der Waals surface area contributed by atoms with Gasteiger partial charge in [0.05, 0.1) is 51.4 Å². The first kappa shape index (κ1) is 67.4. The summed E-state index contributed by atoms with van der Waals surface area (Å²) in [6.07, 6.45) is 11.7. The summed E-state index contributed by atoms with van der Waals surface area (Å²) in [7, 11) is 6.59. The Balaban J connectivity index is 0.000000165. The van der Waals surface area contributed by atoms with Crippen LogP contribution < -0.4 is 44.0 Å². The molecule has 2 amide bonds. The zero-order valence-electron chi connectivity index (χ0n) is 54.0. The molecule has 20 nitrogen and oxygen atoms in total. The van der Waals surface area contributed by atoms with Crippen molar-refractivity contribution < 1.29 is 38.4 Å². The van der Waals surface area contributed by atoms with Crippen molar-refractivity contribution in [3.05, 3.63) is 146 Å².